The van der Waals surface area contributed by atoms with Crippen LogP contribution >= 0.6 is 11.6 Å². The third-order valence-corrected chi connectivity index (χ3v) is 3.25. The molecule has 0 unspecified atom stereocenters. The minimum atomic E-state index is -1.10. The lowest BCUT2D eigenvalue weighted by atomic mass is 10.00. The molecule has 0 radical (unpaired) electrons. The maximum absolute atomic E-state index is 12.0. The largest absolute Gasteiger partial charge is 0.368 e. The van der Waals surface area contributed by atoms with Gasteiger partial charge in [0.15, 0.2) is 0 Å². The number of amides is 2. The molecule has 0 bridgehead atoms. The molecule has 1 rings (SSSR count). The van der Waals surface area contributed by atoms with E-state index in [1.54, 1.807) is 26.0 Å². The predicted octanol–water partition coefficient (Wildman–Crippen LogP) is 2.46. The number of carbonyl (C=O) groups excluding carboxylic acids is 2. The quantitative estimate of drug-likeness (QED) is 0.890. The van der Waals surface area contributed by atoms with E-state index in [4.69, 9.17) is 17.3 Å². The van der Waals surface area contributed by atoms with Crippen molar-refractivity contribution in [1.29, 1.82) is 0 Å². The topological polar surface area (TPSA) is 72.2 Å². The number of hydrogen-bond acceptors (Lipinski definition) is 2. The minimum Gasteiger partial charge on any atom is -0.368 e. The van der Waals surface area contributed by atoms with Gasteiger partial charge >= 0.3 is 0 Å². The summed E-state index contributed by atoms with van der Waals surface area (Å²) in [4.78, 5) is 23.2. The molecule has 0 atom stereocenters. The highest BCUT2D eigenvalue weighted by Crippen LogP contribution is 2.25. The van der Waals surface area contributed by atoms with Crippen molar-refractivity contribution in [3.05, 3.63) is 34.3 Å². The number of carbonyl (C=O) groups is 2. The van der Waals surface area contributed by atoms with Crippen LogP contribution in [0.5, 0.6) is 0 Å². The van der Waals surface area contributed by atoms with Gasteiger partial charge in [-0.1, -0.05) is 31.5 Å². The summed E-state index contributed by atoms with van der Waals surface area (Å²) in [6, 6.07) is 5.11. The highest BCUT2D eigenvalue weighted by molar-refractivity contribution is 6.31. The summed E-state index contributed by atoms with van der Waals surface area (Å²) < 4.78 is 0. The summed E-state index contributed by atoms with van der Waals surface area (Å²) >= 11 is 6.13. The summed E-state index contributed by atoms with van der Waals surface area (Å²) in [7, 11) is 0. The molecule has 0 saturated heterocycles. The summed E-state index contributed by atoms with van der Waals surface area (Å²) in [6.45, 7) is 7.16. The van der Waals surface area contributed by atoms with E-state index < -0.39 is 11.4 Å². The first-order chi connectivity index (χ1) is 8.65. The van der Waals surface area contributed by atoms with Crippen molar-refractivity contribution < 1.29 is 9.59 Å². The standard InChI is InChI=1S/C14H19ClN2O2/c1-8(2)10-6-5-9(7-11(10)15)12(18)17-14(3,4)13(16)19/h5-8H,1-4H3,(H2,16,19)(H,17,18). The second-order valence-corrected chi connectivity index (χ2v) is 5.74. The van der Waals surface area contributed by atoms with Crippen LogP contribution < -0.4 is 11.1 Å². The zero-order valence-electron chi connectivity index (χ0n) is 11.6. The van der Waals surface area contributed by atoms with Gasteiger partial charge in [-0.25, -0.2) is 0 Å². The Morgan fingerprint density at radius 3 is 2.32 bits per heavy atom. The van der Waals surface area contributed by atoms with Crippen molar-refractivity contribution in [2.75, 3.05) is 0 Å². The first-order valence-electron chi connectivity index (χ1n) is 6.07. The smallest absolute Gasteiger partial charge is 0.252 e. The molecule has 0 aliphatic carbocycles. The average molecular weight is 283 g/mol. The van der Waals surface area contributed by atoms with Crippen molar-refractivity contribution in [3.63, 3.8) is 0 Å². The van der Waals surface area contributed by atoms with Gasteiger partial charge in [0.25, 0.3) is 5.91 Å². The molecule has 5 heteroatoms. The van der Waals surface area contributed by atoms with Gasteiger partial charge in [-0.15, -0.1) is 0 Å². The number of nitrogens with one attached hydrogen (secondary N) is 1. The van der Waals surface area contributed by atoms with Crippen LogP contribution in [0.15, 0.2) is 18.2 Å². The first-order valence-corrected chi connectivity index (χ1v) is 6.45. The molecule has 19 heavy (non-hydrogen) atoms. The van der Waals surface area contributed by atoms with Crippen LogP contribution in [0.4, 0.5) is 0 Å². The molecule has 0 fully saturated rings. The minimum absolute atomic E-state index is 0.284. The fourth-order valence-electron chi connectivity index (χ4n) is 1.55. The Kier molecular flexibility index (Phi) is 4.58. The lowest BCUT2D eigenvalue weighted by Crippen LogP contribution is -2.53. The molecular formula is C14H19ClN2O2. The van der Waals surface area contributed by atoms with E-state index in [-0.39, 0.29) is 11.8 Å². The summed E-state index contributed by atoms with van der Waals surface area (Å²) in [5.74, 6) is -0.682. The molecule has 104 valence electrons. The van der Waals surface area contributed by atoms with Gasteiger partial charge < -0.3 is 11.1 Å². The van der Waals surface area contributed by atoms with Gasteiger partial charge in [0.2, 0.25) is 5.91 Å². The number of hydrogen-bond donors (Lipinski definition) is 2. The fourth-order valence-corrected chi connectivity index (χ4v) is 1.95. The predicted molar refractivity (Wildman–Crippen MR) is 76.3 cm³/mol. The van der Waals surface area contributed by atoms with Gasteiger partial charge in [0, 0.05) is 10.6 Å². The monoisotopic (exact) mass is 282 g/mol. The third kappa shape index (κ3) is 3.70. The maximum Gasteiger partial charge on any atom is 0.252 e. The number of primary amides is 1. The average Bonchev–Trinajstić information content (AvgIpc) is 2.27. The third-order valence-electron chi connectivity index (χ3n) is 2.93. The normalized spacial score (nSPS) is 11.5. The molecule has 1 aromatic carbocycles. The zero-order valence-corrected chi connectivity index (χ0v) is 12.3. The number of nitrogens with two attached hydrogens (primary N) is 1. The molecule has 0 aliphatic heterocycles. The number of halogens is 1. The second kappa shape index (κ2) is 5.61. The van der Waals surface area contributed by atoms with Crippen LogP contribution in [0, 0.1) is 0 Å². The fraction of sp³-hybridized carbons (Fsp3) is 0.429. The van der Waals surface area contributed by atoms with Gasteiger partial charge in [0.1, 0.15) is 5.54 Å². The Bertz CT molecular complexity index is 510. The van der Waals surface area contributed by atoms with E-state index in [0.717, 1.165) is 5.56 Å². The van der Waals surface area contributed by atoms with E-state index in [2.05, 4.69) is 5.32 Å². The van der Waals surface area contributed by atoms with E-state index in [9.17, 15) is 9.59 Å². The van der Waals surface area contributed by atoms with Gasteiger partial charge in [-0.05, 0) is 37.5 Å². The van der Waals surface area contributed by atoms with E-state index in [0.29, 0.717) is 10.6 Å². The lowest BCUT2D eigenvalue weighted by Gasteiger charge is -2.22. The van der Waals surface area contributed by atoms with Gasteiger partial charge in [-0.3, -0.25) is 9.59 Å². The zero-order chi connectivity index (χ0) is 14.8. The summed E-state index contributed by atoms with van der Waals surface area (Å²) in [6.07, 6.45) is 0. The van der Waals surface area contributed by atoms with Crippen LogP contribution in [-0.4, -0.2) is 17.4 Å². The highest BCUT2D eigenvalue weighted by Gasteiger charge is 2.27. The number of rotatable bonds is 4. The van der Waals surface area contributed by atoms with Gasteiger partial charge in [0.05, 0.1) is 0 Å². The molecule has 2 amide bonds. The Morgan fingerprint density at radius 2 is 1.89 bits per heavy atom. The van der Waals surface area contributed by atoms with Crippen molar-refractivity contribution in [2.24, 2.45) is 5.73 Å². The molecule has 0 saturated carbocycles. The molecule has 4 nitrogen and oxygen atoms in total. The summed E-state index contributed by atoms with van der Waals surface area (Å²) in [5.41, 5.74) is 5.50. The lowest BCUT2D eigenvalue weighted by molar-refractivity contribution is -0.122. The Morgan fingerprint density at radius 1 is 1.32 bits per heavy atom. The van der Waals surface area contributed by atoms with Crippen molar-refractivity contribution >= 4 is 23.4 Å². The van der Waals surface area contributed by atoms with Crippen molar-refractivity contribution in [3.8, 4) is 0 Å². The Hall–Kier alpha value is -1.55. The Labute approximate surface area is 118 Å². The molecule has 1 aromatic rings. The van der Waals surface area contributed by atoms with Crippen LogP contribution in [0.3, 0.4) is 0 Å². The molecule has 0 heterocycles. The molecule has 0 spiro atoms. The maximum atomic E-state index is 12.0. The van der Waals surface area contributed by atoms with E-state index >= 15 is 0 Å². The van der Waals surface area contributed by atoms with Crippen LogP contribution in [0.2, 0.25) is 5.02 Å². The highest BCUT2D eigenvalue weighted by atomic mass is 35.5. The van der Waals surface area contributed by atoms with Crippen LogP contribution in [0.1, 0.15) is 49.5 Å². The van der Waals surface area contributed by atoms with E-state index in [1.165, 1.54) is 0 Å². The van der Waals surface area contributed by atoms with Crippen molar-refractivity contribution in [2.45, 2.75) is 39.2 Å². The Balaban J connectivity index is 2.96. The second-order valence-electron chi connectivity index (χ2n) is 5.33. The van der Waals surface area contributed by atoms with Gasteiger partial charge in [-0.2, -0.15) is 0 Å². The SMILES string of the molecule is CC(C)c1ccc(C(=O)NC(C)(C)C(N)=O)cc1Cl. The van der Waals surface area contributed by atoms with Crippen LogP contribution in [0.25, 0.3) is 0 Å². The molecular weight excluding hydrogens is 264 g/mol. The van der Waals surface area contributed by atoms with Crippen molar-refractivity contribution in [1.82, 2.24) is 5.32 Å². The first kappa shape index (κ1) is 15.5. The van der Waals surface area contributed by atoms with Crippen LogP contribution in [-0.2, 0) is 4.79 Å². The summed E-state index contributed by atoms with van der Waals surface area (Å²) in [5, 5.41) is 3.12. The van der Waals surface area contributed by atoms with E-state index in [1.807, 2.05) is 19.9 Å². The number of benzene rings is 1. The molecule has 0 aromatic heterocycles. The molecule has 0 aliphatic rings. The molecule has 3 N–H and O–H groups in total.